The fourth-order valence-electron chi connectivity index (χ4n) is 3.02. The largest absolute Gasteiger partial charge is 0.300 e. The van der Waals surface area contributed by atoms with Crippen molar-refractivity contribution in [3.05, 3.63) is 90.4 Å². The van der Waals surface area contributed by atoms with E-state index in [9.17, 15) is 20.1 Å². The van der Waals surface area contributed by atoms with Crippen molar-refractivity contribution < 1.29 is 0 Å². The number of aromatic nitrogens is 4. The van der Waals surface area contributed by atoms with Gasteiger partial charge in [-0.05, 0) is 24.3 Å². The summed E-state index contributed by atoms with van der Waals surface area (Å²) in [7, 11) is 0. The number of benzene rings is 2. The molecule has 12 heteroatoms. The summed E-state index contributed by atoms with van der Waals surface area (Å²) in [6.07, 6.45) is 0. The van der Waals surface area contributed by atoms with E-state index in [1.807, 2.05) is 12.1 Å². The van der Waals surface area contributed by atoms with E-state index >= 15 is 0 Å². The van der Waals surface area contributed by atoms with E-state index in [2.05, 4.69) is 19.9 Å². The second-order valence-electron chi connectivity index (χ2n) is 6.83. The highest BCUT2D eigenvalue weighted by Crippen LogP contribution is 2.28. The SMILES string of the molecule is N#Cc1c(-c2ccc(Cl)cc2)nc(SCSc2nc(-c3ccc(Cl)cc3)c(C#N)c(=O)[nH]2)[nH]c1=O. The zero-order valence-electron chi connectivity index (χ0n) is 17.5. The molecule has 8 nitrogen and oxygen atoms in total. The lowest BCUT2D eigenvalue weighted by molar-refractivity contribution is 0.933. The van der Waals surface area contributed by atoms with Crippen LogP contribution in [0.15, 0.2) is 68.4 Å². The minimum Gasteiger partial charge on any atom is -0.300 e. The molecule has 0 saturated heterocycles. The number of hydrogen-bond acceptors (Lipinski definition) is 8. The van der Waals surface area contributed by atoms with Crippen molar-refractivity contribution in [3.8, 4) is 34.7 Å². The second-order valence-corrected chi connectivity index (χ2v) is 10.00. The average Bonchev–Trinajstić information content (AvgIpc) is 2.84. The predicted octanol–water partition coefficient (Wildman–Crippen LogP) is 5.08. The summed E-state index contributed by atoms with van der Waals surface area (Å²) in [5.41, 5.74) is 0.329. The summed E-state index contributed by atoms with van der Waals surface area (Å²) < 4.78 is 0. The monoisotopic (exact) mass is 538 g/mol. The molecule has 0 radical (unpaired) electrons. The summed E-state index contributed by atoms with van der Waals surface area (Å²) >= 11 is 14.3. The lowest BCUT2D eigenvalue weighted by atomic mass is 10.1. The highest BCUT2D eigenvalue weighted by atomic mass is 35.5. The Morgan fingerprint density at radius 2 is 1.09 bits per heavy atom. The van der Waals surface area contributed by atoms with Crippen molar-refractivity contribution >= 4 is 46.7 Å². The molecule has 4 rings (SSSR count). The van der Waals surface area contributed by atoms with Crippen LogP contribution < -0.4 is 11.1 Å². The number of H-pyrrole nitrogens is 2. The molecular formula is C23H12Cl2N6O2S2. The molecule has 0 bridgehead atoms. The molecule has 0 aliphatic rings. The van der Waals surface area contributed by atoms with Crippen LogP contribution in [0.25, 0.3) is 22.5 Å². The second kappa shape index (κ2) is 10.8. The van der Waals surface area contributed by atoms with Crippen LogP contribution in [0.4, 0.5) is 0 Å². The third-order valence-corrected chi connectivity index (χ3v) is 7.03. The number of thioether (sulfide) groups is 2. The summed E-state index contributed by atoms with van der Waals surface area (Å²) in [6, 6.07) is 17.1. The first-order chi connectivity index (χ1) is 16.9. The van der Waals surface area contributed by atoms with Gasteiger partial charge in [0.2, 0.25) is 0 Å². The third-order valence-electron chi connectivity index (χ3n) is 4.65. The van der Waals surface area contributed by atoms with Crippen LogP contribution in [0.2, 0.25) is 10.0 Å². The van der Waals surface area contributed by atoms with Crippen LogP contribution in [0.3, 0.4) is 0 Å². The molecule has 2 heterocycles. The van der Waals surface area contributed by atoms with Gasteiger partial charge in [-0.15, -0.1) is 0 Å². The topological polar surface area (TPSA) is 139 Å². The van der Waals surface area contributed by atoms with E-state index in [-0.39, 0.29) is 22.5 Å². The van der Waals surface area contributed by atoms with E-state index in [4.69, 9.17) is 23.2 Å². The van der Waals surface area contributed by atoms with Gasteiger partial charge in [0.15, 0.2) is 10.3 Å². The molecule has 0 amide bonds. The van der Waals surface area contributed by atoms with Crippen molar-refractivity contribution in [1.82, 2.24) is 19.9 Å². The number of nitrogens with one attached hydrogen (secondary N) is 2. The first-order valence-electron chi connectivity index (χ1n) is 9.76. The molecule has 0 atom stereocenters. The first kappa shape index (κ1) is 24.6. The molecule has 35 heavy (non-hydrogen) atoms. The molecule has 2 aromatic heterocycles. The van der Waals surface area contributed by atoms with Gasteiger partial charge in [0.05, 0.1) is 16.5 Å². The highest BCUT2D eigenvalue weighted by Gasteiger charge is 2.16. The Balaban J connectivity index is 1.59. The zero-order valence-corrected chi connectivity index (χ0v) is 20.6. The van der Waals surface area contributed by atoms with E-state index in [1.54, 1.807) is 48.5 Å². The molecular weight excluding hydrogens is 527 g/mol. The molecule has 0 spiro atoms. The maximum Gasteiger partial charge on any atom is 0.270 e. The van der Waals surface area contributed by atoms with Gasteiger partial charge in [-0.3, -0.25) is 9.59 Å². The van der Waals surface area contributed by atoms with Gasteiger partial charge >= 0.3 is 0 Å². The smallest absolute Gasteiger partial charge is 0.270 e. The number of nitriles is 2. The lowest BCUT2D eigenvalue weighted by Gasteiger charge is -2.08. The minimum absolute atomic E-state index is 0.102. The Labute approximate surface area is 217 Å². The molecule has 0 saturated carbocycles. The number of halogens is 2. The zero-order chi connectivity index (χ0) is 24.9. The first-order valence-corrected chi connectivity index (χ1v) is 12.5. The molecule has 0 aliphatic carbocycles. The summed E-state index contributed by atoms with van der Waals surface area (Å²) in [5.74, 6) is 0. The van der Waals surface area contributed by atoms with E-state index in [1.165, 1.54) is 23.5 Å². The van der Waals surface area contributed by atoms with Crippen molar-refractivity contribution in [1.29, 1.82) is 10.5 Å². The van der Waals surface area contributed by atoms with Gasteiger partial charge < -0.3 is 9.97 Å². The quantitative estimate of drug-likeness (QED) is 0.197. The van der Waals surface area contributed by atoms with Gasteiger partial charge in [-0.25, -0.2) is 9.97 Å². The summed E-state index contributed by atoms with van der Waals surface area (Å²) in [6.45, 7) is 0. The molecule has 172 valence electrons. The molecule has 2 N–H and O–H groups in total. The van der Waals surface area contributed by atoms with Gasteiger partial charge in [-0.1, -0.05) is 71.0 Å². The maximum absolute atomic E-state index is 12.4. The Morgan fingerprint density at radius 3 is 1.43 bits per heavy atom. The molecule has 0 aliphatic heterocycles. The minimum atomic E-state index is -0.560. The van der Waals surface area contributed by atoms with Crippen LogP contribution in [0.5, 0.6) is 0 Å². The van der Waals surface area contributed by atoms with Gasteiger partial charge in [-0.2, -0.15) is 10.5 Å². The Morgan fingerprint density at radius 1 is 0.714 bits per heavy atom. The number of aromatic amines is 2. The lowest BCUT2D eigenvalue weighted by Crippen LogP contribution is -2.15. The van der Waals surface area contributed by atoms with Crippen molar-refractivity contribution in [2.45, 2.75) is 10.3 Å². The van der Waals surface area contributed by atoms with E-state index in [0.717, 1.165) is 0 Å². The number of rotatable bonds is 6. The fraction of sp³-hybridized carbons (Fsp3) is 0.0435. The van der Waals surface area contributed by atoms with Crippen LogP contribution in [-0.4, -0.2) is 25.0 Å². The molecule has 0 fully saturated rings. The van der Waals surface area contributed by atoms with Gasteiger partial charge in [0.25, 0.3) is 11.1 Å². The third kappa shape index (κ3) is 5.59. The Hall–Kier alpha value is -3.54. The van der Waals surface area contributed by atoms with Crippen LogP contribution in [0, 0.1) is 22.7 Å². The highest BCUT2D eigenvalue weighted by molar-refractivity contribution is 8.15. The Bertz CT molecular complexity index is 1480. The predicted molar refractivity (Wildman–Crippen MR) is 137 cm³/mol. The van der Waals surface area contributed by atoms with Crippen molar-refractivity contribution in [2.75, 3.05) is 5.08 Å². The van der Waals surface area contributed by atoms with Gasteiger partial charge in [0.1, 0.15) is 23.3 Å². The molecule has 4 aromatic rings. The average molecular weight is 539 g/mol. The summed E-state index contributed by atoms with van der Waals surface area (Å²) in [5, 5.41) is 20.8. The molecule has 0 unspecified atom stereocenters. The van der Waals surface area contributed by atoms with E-state index < -0.39 is 11.1 Å². The Kier molecular flexibility index (Phi) is 7.59. The molecule has 2 aromatic carbocycles. The maximum atomic E-state index is 12.4. The number of nitrogens with zero attached hydrogens (tertiary/aromatic N) is 4. The van der Waals surface area contributed by atoms with Crippen LogP contribution in [-0.2, 0) is 0 Å². The number of hydrogen-bond donors (Lipinski definition) is 2. The van der Waals surface area contributed by atoms with Crippen LogP contribution >= 0.6 is 46.7 Å². The van der Waals surface area contributed by atoms with Crippen LogP contribution in [0.1, 0.15) is 11.1 Å². The standard InChI is InChI=1S/C23H12Cl2N6O2S2/c24-14-5-1-12(2-6-14)18-16(9-26)20(32)30-22(28-18)34-11-35-23-29-19(17(10-27)21(33)31-23)13-3-7-15(25)8-4-13/h1-8H,11H2,(H,28,30,32)(H,29,31,33). The van der Waals surface area contributed by atoms with Crippen molar-refractivity contribution in [2.24, 2.45) is 0 Å². The van der Waals surface area contributed by atoms with Crippen molar-refractivity contribution in [3.63, 3.8) is 0 Å². The normalized spacial score (nSPS) is 10.5. The fourth-order valence-corrected chi connectivity index (χ4v) is 5.05. The summed E-state index contributed by atoms with van der Waals surface area (Å²) in [4.78, 5) is 38.9. The van der Waals surface area contributed by atoms with E-state index in [0.29, 0.717) is 36.6 Å². The van der Waals surface area contributed by atoms with Gasteiger partial charge in [0, 0.05) is 21.2 Å².